The smallest absolute Gasteiger partial charge is 0.206 e. The van der Waals surface area contributed by atoms with Crippen LogP contribution >= 0.6 is 12.0 Å². The summed E-state index contributed by atoms with van der Waals surface area (Å²) in [5.41, 5.74) is 6.33. The Bertz CT molecular complexity index is 1210. The second kappa shape index (κ2) is 11.9. The third kappa shape index (κ3) is 6.45. The van der Waals surface area contributed by atoms with E-state index in [1.807, 2.05) is 38.1 Å². The predicted octanol–water partition coefficient (Wildman–Crippen LogP) is 5.05. The van der Waals surface area contributed by atoms with Gasteiger partial charge in [-0.2, -0.15) is 0 Å². The van der Waals surface area contributed by atoms with E-state index in [0.717, 1.165) is 40.7 Å². The van der Waals surface area contributed by atoms with Crippen molar-refractivity contribution in [2.45, 2.75) is 13.8 Å². The molecule has 0 radical (unpaired) electrons. The maximum Gasteiger partial charge on any atom is 0.206 e. The molecule has 0 unspecified atom stereocenters. The second-order valence-electron chi connectivity index (χ2n) is 6.26. The molecule has 170 valence electrons. The molecule has 1 aliphatic carbocycles. The van der Waals surface area contributed by atoms with Crippen molar-refractivity contribution in [3.8, 4) is 22.5 Å². The minimum absolute atomic E-state index is 0.929. The normalized spacial score (nSPS) is 10.8. The van der Waals surface area contributed by atoms with E-state index in [-0.39, 0.29) is 0 Å². The summed E-state index contributed by atoms with van der Waals surface area (Å²) in [4.78, 5) is 9.67. The van der Waals surface area contributed by atoms with E-state index in [2.05, 4.69) is 50.9 Å². The second-order valence-corrected chi connectivity index (χ2v) is 8.39. The fourth-order valence-electron chi connectivity index (χ4n) is 3.14. The Kier molecular flexibility index (Phi) is 9.51. The average Bonchev–Trinajstić information content (AvgIpc) is 3.09. The molecule has 0 saturated heterocycles. The van der Waals surface area contributed by atoms with Gasteiger partial charge in [-0.05, 0) is 17.5 Å². The maximum atomic E-state index is 9.41. The maximum absolute atomic E-state index is 9.41. The number of para-hydroxylation sites is 2. The quantitative estimate of drug-likeness (QED) is 0.206. The molecule has 0 atom stereocenters. The van der Waals surface area contributed by atoms with E-state index < -0.39 is 10.0 Å². The number of hydrogen-bond acceptors (Lipinski definition) is 8. The lowest BCUT2D eigenvalue weighted by atomic mass is 10.0. The Morgan fingerprint density at radius 1 is 0.875 bits per heavy atom. The van der Waals surface area contributed by atoms with Crippen LogP contribution in [0.1, 0.15) is 13.8 Å². The SMILES string of the molecule is CC.CS(N)(=O)=O.CSOOO.c1cc2c3c(cccc3c1)-c1nc3ccccc3nc1-2. The minimum Gasteiger partial charge on any atom is -0.244 e. The highest BCUT2D eigenvalue weighted by Crippen LogP contribution is 2.45. The molecule has 1 aromatic heterocycles. The summed E-state index contributed by atoms with van der Waals surface area (Å²) in [5, 5.41) is 17.3. The largest absolute Gasteiger partial charge is 0.244 e. The first-order valence-electron chi connectivity index (χ1n) is 9.61. The van der Waals surface area contributed by atoms with Crippen molar-refractivity contribution in [1.82, 2.24) is 9.97 Å². The van der Waals surface area contributed by atoms with Gasteiger partial charge in [-0.25, -0.2) is 28.8 Å². The summed E-state index contributed by atoms with van der Waals surface area (Å²) in [6, 6.07) is 20.8. The molecule has 0 fully saturated rings. The lowest BCUT2D eigenvalue weighted by Gasteiger charge is -2.02. The van der Waals surface area contributed by atoms with Gasteiger partial charge in [0.25, 0.3) is 0 Å². The molecule has 8 nitrogen and oxygen atoms in total. The number of nitrogens with zero attached hydrogens (tertiary/aromatic N) is 2. The van der Waals surface area contributed by atoms with E-state index in [1.54, 1.807) is 6.26 Å². The van der Waals surface area contributed by atoms with Crippen molar-refractivity contribution < 1.29 is 23.0 Å². The van der Waals surface area contributed by atoms with Crippen LogP contribution in [0.5, 0.6) is 0 Å². The Hall–Kier alpha value is -2.60. The van der Waals surface area contributed by atoms with Gasteiger partial charge in [-0.1, -0.05) is 67.4 Å². The van der Waals surface area contributed by atoms with Gasteiger partial charge in [-0.3, -0.25) is 0 Å². The van der Waals surface area contributed by atoms with Crippen LogP contribution in [0.15, 0.2) is 60.7 Å². The van der Waals surface area contributed by atoms with Crippen LogP contribution < -0.4 is 5.14 Å². The fourth-order valence-corrected chi connectivity index (χ4v) is 3.20. The molecule has 0 aliphatic heterocycles. The van der Waals surface area contributed by atoms with Gasteiger partial charge in [0.05, 0.1) is 28.7 Å². The van der Waals surface area contributed by atoms with Gasteiger partial charge in [0.1, 0.15) is 0 Å². The van der Waals surface area contributed by atoms with Crippen LogP contribution in [0.2, 0.25) is 0 Å². The summed E-state index contributed by atoms with van der Waals surface area (Å²) >= 11 is 0.929. The van der Waals surface area contributed by atoms with Gasteiger partial charge in [0.2, 0.25) is 10.0 Å². The molecule has 0 amide bonds. The molecular weight excluding hydrogens is 450 g/mol. The molecule has 10 heteroatoms. The van der Waals surface area contributed by atoms with Crippen molar-refractivity contribution >= 4 is 43.9 Å². The zero-order valence-corrected chi connectivity index (χ0v) is 19.8. The number of fused-ring (bicyclic) bond motifs is 4. The summed E-state index contributed by atoms with van der Waals surface area (Å²) in [7, 11) is -3.17. The first-order chi connectivity index (χ1) is 15.3. The van der Waals surface area contributed by atoms with E-state index >= 15 is 0 Å². The molecule has 3 N–H and O–H groups in total. The predicted molar refractivity (Wildman–Crippen MR) is 130 cm³/mol. The number of nitrogens with two attached hydrogens (primary N) is 1. The van der Waals surface area contributed by atoms with Crippen molar-refractivity contribution in [2.75, 3.05) is 12.5 Å². The number of rotatable bonds is 2. The Balaban J connectivity index is 0.000000256. The van der Waals surface area contributed by atoms with Crippen molar-refractivity contribution in [3.63, 3.8) is 0 Å². The molecule has 0 bridgehead atoms. The molecule has 1 aliphatic rings. The van der Waals surface area contributed by atoms with Crippen molar-refractivity contribution in [1.29, 1.82) is 0 Å². The molecule has 0 saturated carbocycles. The minimum atomic E-state index is -3.17. The fraction of sp³-hybridized carbons (Fsp3) is 0.182. The standard InChI is InChI=1S/C18H10N2.C2H6.CH5NO2S.CH4O3S/c1-2-10-15-14(9-1)19-17-12-7-3-5-11-6-4-8-13(16(11)12)18(17)20-15;1-2;1-5(2,3)4;1-5-4-3-2/h1-10H;1-2H3;1H3,(H2,2,3,4);2H,1H3. The Morgan fingerprint density at radius 2 is 1.31 bits per heavy atom. The molecular formula is C22H25N3O5S2. The van der Waals surface area contributed by atoms with Gasteiger partial charge >= 0.3 is 0 Å². The topological polar surface area (TPSA) is 125 Å². The lowest BCUT2D eigenvalue weighted by molar-refractivity contribution is -0.432. The first-order valence-corrected chi connectivity index (χ1v) is 12.7. The average molecular weight is 476 g/mol. The number of benzene rings is 3. The van der Waals surface area contributed by atoms with Crippen molar-refractivity contribution in [3.05, 3.63) is 60.7 Å². The van der Waals surface area contributed by atoms with Crippen LogP contribution in [0.25, 0.3) is 44.3 Å². The molecule has 3 aromatic carbocycles. The highest BCUT2D eigenvalue weighted by molar-refractivity contribution is 7.93. The van der Waals surface area contributed by atoms with E-state index in [9.17, 15) is 8.42 Å². The summed E-state index contributed by atoms with van der Waals surface area (Å²) in [6.07, 6.45) is 2.56. The zero-order valence-electron chi connectivity index (χ0n) is 18.1. The van der Waals surface area contributed by atoms with Crippen molar-refractivity contribution in [2.24, 2.45) is 5.14 Å². The lowest BCUT2D eigenvalue weighted by Crippen LogP contribution is -2.07. The summed E-state index contributed by atoms with van der Waals surface area (Å²) in [6.45, 7) is 4.00. The van der Waals surface area contributed by atoms with E-state index in [1.165, 1.54) is 21.9 Å². The molecule has 4 aromatic rings. The molecule has 1 heterocycles. The van der Waals surface area contributed by atoms with Gasteiger partial charge in [0.15, 0.2) is 0 Å². The van der Waals surface area contributed by atoms with Crippen LogP contribution in [-0.2, 0) is 19.4 Å². The van der Waals surface area contributed by atoms with Gasteiger partial charge < -0.3 is 0 Å². The molecule has 5 rings (SSSR count). The third-order valence-corrected chi connectivity index (χ3v) is 4.28. The van der Waals surface area contributed by atoms with Crippen LogP contribution in [0, 0.1) is 0 Å². The van der Waals surface area contributed by atoms with Crippen LogP contribution in [0.4, 0.5) is 0 Å². The molecule has 32 heavy (non-hydrogen) atoms. The highest BCUT2D eigenvalue weighted by atomic mass is 32.2. The number of aromatic nitrogens is 2. The summed E-state index contributed by atoms with van der Waals surface area (Å²) in [5.74, 6) is 0. The number of hydrogen-bond donors (Lipinski definition) is 2. The van der Waals surface area contributed by atoms with Gasteiger partial charge in [-0.15, -0.1) is 4.33 Å². The van der Waals surface area contributed by atoms with Crippen LogP contribution in [-0.4, -0.2) is 36.2 Å². The monoisotopic (exact) mass is 475 g/mol. The molecule has 0 spiro atoms. The first kappa shape index (κ1) is 25.7. The number of primary sulfonamides is 1. The van der Waals surface area contributed by atoms with E-state index in [0.29, 0.717) is 0 Å². The third-order valence-electron chi connectivity index (χ3n) is 4.08. The van der Waals surface area contributed by atoms with E-state index in [4.69, 9.17) is 15.2 Å². The van der Waals surface area contributed by atoms with Gasteiger partial charge in [0, 0.05) is 34.8 Å². The Labute approximate surface area is 191 Å². The zero-order chi connectivity index (χ0) is 23.7. The Morgan fingerprint density at radius 3 is 1.66 bits per heavy atom. The number of sulfonamides is 1. The highest BCUT2D eigenvalue weighted by Gasteiger charge is 2.23. The summed E-state index contributed by atoms with van der Waals surface area (Å²) < 4.78 is 22.6. The van der Waals surface area contributed by atoms with Crippen LogP contribution in [0.3, 0.4) is 0 Å².